The van der Waals surface area contributed by atoms with E-state index in [1.807, 2.05) is 0 Å². The number of hydrogen-bond donors (Lipinski definition) is 4. The summed E-state index contributed by atoms with van der Waals surface area (Å²) in [5.41, 5.74) is 0. The molecule has 0 bridgehead atoms. The fraction of sp³-hybridized carbons (Fsp3) is 0.957. The maximum atomic E-state index is 10.7. The molecule has 46 heteroatoms. The zero-order valence-electron chi connectivity index (χ0n) is 85.7. The summed E-state index contributed by atoms with van der Waals surface area (Å²) >= 11 is 0. The number of ether oxygens (including phenoxy) is 38. The minimum Gasteiger partial charge on any atom is -0.382 e. The molecule has 0 aliphatic carbocycles. The summed E-state index contributed by atoms with van der Waals surface area (Å²) in [5.74, 6) is -0.232. The Labute approximate surface area is 824 Å². The van der Waals surface area contributed by atoms with Crippen LogP contribution in [0.1, 0.15) is 54.4 Å². The van der Waals surface area contributed by atoms with E-state index in [0.717, 1.165) is 26.1 Å². The van der Waals surface area contributed by atoms with Crippen LogP contribution in [0.2, 0.25) is 0 Å². The van der Waals surface area contributed by atoms with Gasteiger partial charge in [0.25, 0.3) is 0 Å². The van der Waals surface area contributed by atoms with Crippen molar-refractivity contribution in [1.82, 2.24) is 21.3 Å². The van der Waals surface area contributed by atoms with Crippen molar-refractivity contribution in [3.8, 4) is 0 Å². The lowest BCUT2D eigenvalue weighted by molar-refractivity contribution is -0.120. The topological polar surface area (TPSA) is 467 Å². The maximum absolute atomic E-state index is 10.7. The Morgan fingerprint density at radius 3 is 0.268 bits per heavy atom. The van der Waals surface area contributed by atoms with Gasteiger partial charge in [-0.3, -0.25) is 19.2 Å². The van der Waals surface area contributed by atoms with Crippen LogP contribution >= 0.6 is 0 Å². The van der Waals surface area contributed by atoms with Gasteiger partial charge in [-0.05, 0) is 12.8 Å². The molecule has 0 aromatic rings. The molecule has 0 heterocycles. The third kappa shape index (κ3) is 153. The predicted octanol–water partition coefficient (Wildman–Crippen LogP) is 1.20. The predicted molar refractivity (Wildman–Crippen MR) is 509 cm³/mol. The minimum absolute atomic E-state index is 0.0571. The minimum atomic E-state index is -0.0589. The first-order valence-electron chi connectivity index (χ1n) is 48.8. The molecular formula is C92H188N4O42. The number of rotatable bonds is 118. The normalized spacial score (nSPS) is 11.2. The summed E-state index contributed by atoms with van der Waals surface area (Å²) < 4.78 is 204. The van der Waals surface area contributed by atoms with Crippen molar-refractivity contribution >= 4 is 23.6 Å². The van der Waals surface area contributed by atoms with E-state index in [4.69, 9.17) is 180 Å². The van der Waals surface area contributed by atoms with Gasteiger partial charge >= 0.3 is 0 Å². The van der Waals surface area contributed by atoms with Crippen molar-refractivity contribution in [2.24, 2.45) is 0 Å². The van der Waals surface area contributed by atoms with Gasteiger partial charge < -0.3 is 201 Å². The van der Waals surface area contributed by atoms with Gasteiger partial charge in [0.05, 0.1) is 476 Å². The van der Waals surface area contributed by atoms with Crippen molar-refractivity contribution in [2.75, 3.05) is 529 Å². The van der Waals surface area contributed by atoms with Gasteiger partial charge in [0.15, 0.2) is 0 Å². The van der Waals surface area contributed by atoms with Crippen molar-refractivity contribution in [2.45, 2.75) is 54.4 Å². The summed E-state index contributed by atoms with van der Waals surface area (Å²) in [6, 6.07) is 0. The molecule has 0 aliphatic heterocycles. The van der Waals surface area contributed by atoms with Crippen LogP contribution in [-0.4, -0.2) is 553 Å². The Balaban J connectivity index is -0.000000869. The zero-order chi connectivity index (χ0) is 101. The highest BCUT2D eigenvalue weighted by Gasteiger charge is 2.05. The molecule has 4 N–H and O–H groups in total. The Bertz CT molecular complexity index is 2230. The molecule has 138 heavy (non-hydrogen) atoms. The fourth-order valence-corrected chi connectivity index (χ4v) is 9.22. The molecule has 828 valence electrons. The Morgan fingerprint density at radius 1 is 0.123 bits per heavy atom. The van der Waals surface area contributed by atoms with Crippen molar-refractivity contribution in [1.29, 1.82) is 0 Å². The smallest absolute Gasteiger partial charge is 0.216 e. The number of nitrogens with one attached hydrogen (secondary N) is 4. The molecule has 4 amide bonds. The van der Waals surface area contributed by atoms with Crippen LogP contribution in [0.25, 0.3) is 0 Å². The first-order chi connectivity index (χ1) is 68.1. The van der Waals surface area contributed by atoms with Gasteiger partial charge in [0, 0.05) is 81.3 Å². The highest BCUT2D eigenvalue weighted by Crippen LogP contribution is 1.95. The summed E-state index contributed by atoms with van der Waals surface area (Å²) in [6.07, 6.45) is 2.05. The van der Waals surface area contributed by atoms with Crippen LogP contribution in [0.15, 0.2) is 0 Å². The van der Waals surface area contributed by atoms with E-state index in [1.165, 1.54) is 27.7 Å². The number of amides is 4. The van der Waals surface area contributed by atoms with Crippen LogP contribution in [0, 0.1) is 0 Å². The summed E-state index contributed by atoms with van der Waals surface area (Å²) in [6.45, 7) is 51.6. The summed E-state index contributed by atoms with van der Waals surface area (Å²) in [4.78, 5) is 42.7. The standard InChI is InChI=1S/C25H51NO11.C23H47NO11.C23H47NO10.C21H43NO10/c1-3-5-28-7-9-30-11-13-32-15-17-34-19-21-36-23-24-37-22-20-35-18-16-33-14-12-31-10-8-29-6-4-26-25(2)27;1-23(25)24-3-4-27-7-8-29-11-12-31-15-16-33-19-20-35-22-21-34-18-17-32-14-13-30-10-9-28-6-5-26-2;1-3-5-26-7-9-28-11-13-30-15-17-32-19-21-34-22-20-33-18-16-31-14-12-29-10-8-27-6-4-24-23(2)25;1-21(23)22-3-4-25-7-8-27-11-12-29-15-16-31-19-20-32-18-17-30-14-13-28-10-9-26-6-5-24-2/h3-24H2,1-2H3,(H,26,27);3-22H2,1-2H3,(H,24,25);3-22H2,1-2H3,(H,24,25);3-20H2,1-2H3,(H,22,23). The van der Waals surface area contributed by atoms with Crippen LogP contribution in [-0.2, 0) is 199 Å². The summed E-state index contributed by atoms with van der Waals surface area (Å²) in [5, 5.41) is 10.6. The van der Waals surface area contributed by atoms with Crippen molar-refractivity contribution in [3.63, 3.8) is 0 Å². The zero-order valence-corrected chi connectivity index (χ0v) is 85.7. The molecule has 46 nitrogen and oxygen atoms in total. The molecule has 0 unspecified atom stereocenters. The van der Waals surface area contributed by atoms with Crippen LogP contribution in [0.4, 0.5) is 0 Å². The fourth-order valence-electron chi connectivity index (χ4n) is 9.22. The molecular weight excluding hydrogens is 1830 g/mol. The molecule has 0 aliphatic rings. The molecule has 0 saturated heterocycles. The molecule has 0 spiro atoms. The number of hydrogen-bond acceptors (Lipinski definition) is 42. The van der Waals surface area contributed by atoms with Gasteiger partial charge in [-0.15, -0.1) is 0 Å². The van der Waals surface area contributed by atoms with Crippen LogP contribution in [0.3, 0.4) is 0 Å². The van der Waals surface area contributed by atoms with Crippen LogP contribution in [0.5, 0.6) is 0 Å². The van der Waals surface area contributed by atoms with Crippen molar-refractivity contribution in [3.05, 3.63) is 0 Å². The molecule has 0 radical (unpaired) electrons. The number of carbonyl (C=O) groups is 4. The van der Waals surface area contributed by atoms with Crippen LogP contribution < -0.4 is 21.3 Å². The highest BCUT2D eigenvalue weighted by atomic mass is 16.6. The molecule has 0 aromatic heterocycles. The third-order valence-corrected chi connectivity index (χ3v) is 15.9. The monoisotopic (exact) mass is 2020 g/mol. The van der Waals surface area contributed by atoms with Gasteiger partial charge in [0.2, 0.25) is 23.6 Å². The van der Waals surface area contributed by atoms with E-state index in [9.17, 15) is 19.2 Å². The molecule has 0 aromatic carbocycles. The molecule has 0 fully saturated rings. The average molecular weight is 2020 g/mol. The van der Waals surface area contributed by atoms with Crippen molar-refractivity contribution < 1.29 is 199 Å². The van der Waals surface area contributed by atoms with E-state index >= 15 is 0 Å². The quantitative estimate of drug-likeness (QED) is 0.0622. The van der Waals surface area contributed by atoms with E-state index in [1.54, 1.807) is 14.2 Å². The Morgan fingerprint density at radius 2 is 0.196 bits per heavy atom. The summed E-state index contributed by atoms with van der Waals surface area (Å²) in [7, 11) is 3.29. The largest absolute Gasteiger partial charge is 0.382 e. The molecule has 0 atom stereocenters. The lowest BCUT2D eigenvalue weighted by Gasteiger charge is -2.09. The van der Waals surface area contributed by atoms with Gasteiger partial charge in [-0.25, -0.2) is 0 Å². The highest BCUT2D eigenvalue weighted by molar-refractivity contribution is 5.73. The molecule has 0 saturated carbocycles. The van der Waals surface area contributed by atoms with E-state index < -0.39 is 0 Å². The second-order valence-corrected chi connectivity index (χ2v) is 28.0. The lowest BCUT2D eigenvalue weighted by Crippen LogP contribution is -2.25. The first kappa shape index (κ1) is 141. The number of methoxy groups -OCH3 is 2. The SMILES string of the molecule is CCCOCCOCCOCCOCCOCCOCCOCCOCCOCCNC(C)=O.CCCOCCOCCOCCOCCOCCOCCOCCOCCOCCOCCNC(C)=O.COCCOCCOCCOCCOCCOCCOCCOCCOCCNC(C)=O.COCCOCCOCCOCCOCCOCCOCCOCCOCCOCCNC(C)=O. The van der Waals surface area contributed by atoms with Gasteiger partial charge in [-0.1, -0.05) is 13.8 Å². The van der Waals surface area contributed by atoms with E-state index in [2.05, 4.69) is 35.1 Å². The Kier molecular flexibility index (Phi) is 140. The molecule has 0 rings (SSSR count). The second kappa shape index (κ2) is 137. The van der Waals surface area contributed by atoms with E-state index in [0.29, 0.717) is 502 Å². The average Bonchev–Trinajstić information content (AvgIpc) is 1.12. The van der Waals surface area contributed by atoms with E-state index in [-0.39, 0.29) is 23.6 Å². The Hall–Kier alpha value is -3.64. The van der Waals surface area contributed by atoms with Gasteiger partial charge in [0.1, 0.15) is 0 Å². The number of carbonyl (C=O) groups excluding carboxylic acids is 4. The maximum Gasteiger partial charge on any atom is 0.216 e. The second-order valence-electron chi connectivity index (χ2n) is 28.0. The van der Waals surface area contributed by atoms with Gasteiger partial charge in [-0.2, -0.15) is 0 Å². The third-order valence-electron chi connectivity index (χ3n) is 15.9. The first-order valence-corrected chi connectivity index (χ1v) is 48.8. The lowest BCUT2D eigenvalue weighted by atomic mass is 10.5.